The Labute approximate surface area is 87.5 Å². The molecule has 78 valence electrons. The minimum atomic E-state index is 0.503. The highest BCUT2D eigenvalue weighted by molar-refractivity contribution is 5.46. The molecule has 3 heterocycles. The van der Waals surface area contributed by atoms with Crippen molar-refractivity contribution >= 4 is 11.5 Å². The first-order valence-corrected chi connectivity index (χ1v) is 5.19. The highest BCUT2D eigenvalue weighted by atomic mass is 15.2. The van der Waals surface area contributed by atoms with Gasteiger partial charge in [0.05, 0.1) is 6.20 Å². The highest BCUT2D eigenvalue weighted by Gasteiger charge is 2.14. The van der Waals surface area contributed by atoms with E-state index in [0.717, 1.165) is 31.0 Å². The van der Waals surface area contributed by atoms with Crippen LogP contribution in [0.1, 0.15) is 6.42 Å². The average molecular weight is 203 g/mol. The maximum atomic E-state index is 4.46. The van der Waals surface area contributed by atoms with E-state index in [1.54, 1.807) is 10.7 Å². The minimum absolute atomic E-state index is 0.503. The molecule has 3 rings (SSSR count). The zero-order valence-electron chi connectivity index (χ0n) is 8.35. The van der Waals surface area contributed by atoms with Gasteiger partial charge in [0.25, 0.3) is 0 Å². The van der Waals surface area contributed by atoms with Crippen molar-refractivity contribution in [2.45, 2.75) is 12.5 Å². The number of fused-ring (bicyclic) bond motifs is 1. The number of nitrogens with zero attached hydrogens (tertiary/aromatic N) is 3. The molecular formula is C10H13N5. The first-order chi connectivity index (χ1) is 7.42. The van der Waals surface area contributed by atoms with Crippen molar-refractivity contribution in [1.29, 1.82) is 0 Å². The molecule has 0 bridgehead atoms. The van der Waals surface area contributed by atoms with Gasteiger partial charge in [0.2, 0.25) is 0 Å². The zero-order valence-corrected chi connectivity index (χ0v) is 8.35. The maximum absolute atomic E-state index is 4.46. The Balaban J connectivity index is 1.84. The molecule has 1 fully saturated rings. The van der Waals surface area contributed by atoms with Crippen molar-refractivity contribution < 1.29 is 0 Å². The first-order valence-electron chi connectivity index (χ1n) is 5.19. The Morgan fingerprint density at radius 1 is 1.47 bits per heavy atom. The van der Waals surface area contributed by atoms with E-state index in [1.165, 1.54) is 0 Å². The number of anilines is 1. The third kappa shape index (κ3) is 1.66. The summed E-state index contributed by atoms with van der Waals surface area (Å²) < 4.78 is 1.76. The predicted octanol–water partition coefficient (Wildman–Crippen LogP) is 0.503. The molecule has 0 radical (unpaired) electrons. The van der Waals surface area contributed by atoms with E-state index in [2.05, 4.69) is 20.7 Å². The average Bonchev–Trinajstić information content (AvgIpc) is 2.87. The summed E-state index contributed by atoms with van der Waals surface area (Å²) in [6.07, 6.45) is 4.84. The maximum Gasteiger partial charge on any atom is 0.157 e. The van der Waals surface area contributed by atoms with Crippen LogP contribution in [0.2, 0.25) is 0 Å². The van der Waals surface area contributed by atoms with E-state index in [1.807, 2.05) is 18.3 Å². The van der Waals surface area contributed by atoms with Gasteiger partial charge in [-0.05, 0) is 19.0 Å². The Bertz CT molecular complexity index is 458. The summed E-state index contributed by atoms with van der Waals surface area (Å²) in [6, 6.07) is 4.36. The molecule has 2 aromatic heterocycles. The van der Waals surface area contributed by atoms with Crippen molar-refractivity contribution in [3.8, 4) is 0 Å². The Morgan fingerprint density at radius 3 is 3.33 bits per heavy atom. The first kappa shape index (κ1) is 8.67. The molecule has 0 saturated carbocycles. The fourth-order valence-electron chi connectivity index (χ4n) is 1.88. The van der Waals surface area contributed by atoms with Crippen molar-refractivity contribution in [2.24, 2.45) is 0 Å². The normalized spacial score (nSPS) is 20.9. The van der Waals surface area contributed by atoms with E-state index < -0.39 is 0 Å². The molecule has 0 aliphatic carbocycles. The number of aromatic nitrogens is 3. The summed E-state index contributed by atoms with van der Waals surface area (Å²) >= 11 is 0. The predicted molar refractivity (Wildman–Crippen MR) is 57.9 cm³/mol. The van der Waals surface area contributed by atoms with Crippen molar-refractivity contribution in [3.63, 3.8) is 0 Å². The molecule has 1 saturated heterocycles. The van der Waals surface area contributed by atoms with Crippen molar-refractivity contribution in [3.05, 3.63) is 24.5 Å². The van der Waals surface area contributed by atoms with Gasteiger partial charge in [0, 0.05) is 24.8 Å². The van der Waals surface area contributed by atoms with Gasteiger partial charge in [-0.1, -0.05) is 0 Å². The van der Waals surface area contributed by atoms with E-state index in [9.17, 15) is 0 Å². The van der Waals surface area contributed by atoms with Crippen LogP contribution in [-0.4, -0.2) is 33.7 Å². The SMILES string of the molecule is c1cc2nc(NC3CCNC3)ccn2n1. The van der Waals surface area contributed by atoms with E-state index in [0.29, 0.717) is 6.04 Å². The Hall–Kier alpha value is -1.62. The van der Waals surface area contributed by atoms with Crippen LogP contribution in [-0.2, 0) is 0 Å². The van der Waals surface area contributed by atoms with Crippen LogP contribution in [0.15, 0.2) is 24.5 Å². The van der Waals surface area contributed by atoms with Crippen LogP contribution in [0.5, 0.6) is 0 Å². The van der Waals surface area contributed by atoms with Crippen LogP contribution in [0, 0.1) is 0 Å². The second-order valence-electron chi connectivity index (χ2n) is 3.78. The standard InChI is InChI=1S/C10H13N5/c1-4-11-7-8(1)13-9-3-6-15-10(14-9)2-5-12-15/h2-3,5-6,8,11H,1,4,7H2,(H,13,14). The second kappa shape index (κ2) is 3.51. The molecular weight excluding hydrogens is 190 g/mol. The summed E-state index contributed by atoms with van der Waals surface area (Å²) in [5.74, 6) is 0.928. The van der Waals surface area contributed by atoms with E-state index in [-0.39, 0.29) is 0 Å². The Kier molecular flexibility index (Phi) is 2.03. The lowest BCUT2D eigenvalue weighted by Crippen LogP contribution is -2.22. The molecule has 2 aromatic rings. The second-order valence-corrected chi connectivity index (χ2v) is 3.78. The van der Waals surface area contributed by atoms with Gasteiger partial charge in [-0.25, -0.2) is 9.50 Å². The topological polar surface area (TPSA) is 54.2 Å². The third-order valence-corrected chi connectivity index (χ3v) is 2.67. The monoisotopic (exact) mass is 203 g/mol. The number of nitrogens with one attached hydrogen (secondary N) is 2. The Morgan fingerprint density at radius 2 is 2.47 bits per heavy atom. The summed E-state index contributed by atoms with van der Waals surface area (Å²) in [6.45, 7) is 2.11. The van der Waals surface area contributed by atoms with Gasteiger partial charge in [0.1, 0.15) is 5.82 Å². The quantitative estimate of drug-likeness (QED) is 0.746. The molecule has 2 N–H and O–H groups in total. The summed E-state index contributed by atoms with van der Waals surface area (Å²) in [5.41, 5.74) is 0.881. The van der Waals surface area contributed by atoms with Gasteiger partial charge in [-0.3, -0.25) is 0 Å². The summed E-state index contributed by atoms with van der Waals surface area (Å²) in [5, 5.41) is 10.8. The van der Waals surface area contributed by atoms with Crippen LogP contribution < -0.4 is 10.6 Å². The summed E-state index contributed by atoms with van der Waals surface area (Å²) in [4.78, 5) is 4.46. The molecule has 0 amide bonds. The lowest BCUT2D eigenvalue weighted by Gasteiger charge is -2.11. The number of hydrogen-bond donors (Lipinski definition) is 2. The molecule has 0 aromatic carbocycles. The van der Waals surface area contributed by atoms with E-state index >= 15 is 0 Å². The van der Waals surface area contributed by atoms with Crippen LogP contribution in [0.25, 0.3) is 5.65 Å². The van der Waals surface area contributed by atoms with Gasteiger partial charge in [-0.2, -0.15) is 5.10 Å². The van der Waals surface area contributed by atoms with Gasteiger partial charge >= 0.3 is 0 Å². The lowest BCUT2D eigenvalue weighted by atomic mass is 10.2. The van der Waals surface area contributed by atoms with Crippen molar-refractivity contribution in [1.82, 2.24) is 19.9 Å². The molecule has 15 heavy (non-hydrogen) atoms. The fourth-order valence-corrected chi connectivity index (χ4v) is 1.88. The molecule has 1 aliphatic heterocycles. The van der Waals surface area contributed by atoms with Gasteiger partial charge < -0.3 is 10.6 Å². The fraction of sp³-hybridized carbons (Fsp3) is 0.400. The number of hydrogen-bond acceptors (Lipinski definition) is 4. The van der Waals surface area contributed by atoms with Crippen LogP contribution in [0.4, 0.5) is 5.82 Å². The summed E-state index contributed by atoms with van der Waals surface area (Å²) in [7, 11) is 0. The molecule has 1 unspecified atom stereocenters. The van der Waals surface area contributed by atoms with E-state index in [4.69, 9.17) is 0 Å². The van der Waals surface area contributed by atoms with Crippen LogP contribution >= 0.6 is 0 Å². The number of rotatable bonds is 2. The van der Waals surface area contributed by atoms with Gasteiger partial charge in [-0.15, -0.1) is 0 Å². The minimum Gasteiger partial charge on any atom is -0.366 e. The molecule has 5 heteroatoms. The molecule has 0 spiro atoms. The zero-order chi connectivity index (χ0) is 10.1. The molecule has 5 nitrogen and oxygen atoms in total. The lowest BCUT2D eigenvalue weighted by molar-refractivity contribution is 0.786. The largest absolute Gasteiger partial charge is 0.366 e. The molecule has 1 atom stereocenters. The molecule has 1 aliphatic rings. The third-order valence-electron chi connectivity index (χ3n) is 2.67. The van der Waals surface area contributed by atoms with Crippen molar-refractivity contribution in [2.75, 3.05) is 18.4 Å². The highest BCUT2D eigenvalue weighted by Crippen LogP contribution is 2.10. The van der Waals surface area contributed by atoms with Crippen LogP contribution in [0.3, 0.4) is 0 Å². The van der Waals surface area contributed by atoms with Gasteiger partial charge in [0.15, 0.2) is 5.65 Å². The smallest absolute Gasteiger partial charge is 0.157 e.